The van der Waals surface area contributed by atoms with Gasteiger partial charge in [-0.05, 0) is 36.7 Å². The summed E-state index contributed by atoms with van der Waals surface area (Å²) in [5.74, 6) is -1.66. The predicted molar refractivity (Wildman–Crippen MR) is 78.1 cm³/mol. The molecule has 106 valence electrons. The zero-order chi connectivity index (χ0) is 14.7. The SMILES string of the molecule is CCNC(c1cccc(Cl)c1C)c1cccc(F)c1F. The van der Waals surface area contributed by atoms with Crippen molar-refractivity contribution < 1.29 is 8.78 Å². The lowest BCUT2D eigenvalue weighted by molar-refractivity contribution is 0.482. The van der Waals surface area contributed by atoms with Crippen LogP contribution in [-0.2, 0) is 0 Å². The van der Waals surface area contributed by atoms with Crippen molar-refractivity contribution in [1.29, 1.82) is 0 Å². The van der Waals surface area contributed by atoms with Crippen LogP contribution in [0, 0.1) is 18.6 Å². The molecule has 0 radical (unpaired) electrons. The molecule has 0 spiro atoms. The highest BCUT2D eigenvalue weighted by Gasteiger charge is 2.21. The van der Waals surface area contributed by atoms with Crippen LogP contribution in [0.1, 0.15) is 29.7 Å². The first-order valence-electron chi connectivity index (χ1n) is 6.48. The summed E-state index contributed by atoms with van der Waals surface area (Å²) >= 11 is 6.12. The summed E-state index contributed by atoms with van der Waals surface area (Å²) < 4.78 is 27.5. The topological polar surface area (TPSA) is 12.0 Å². The number of hydrogen-bond donors (Lipinski definition) is 1. The summed E-state index contributed by atoms with van der Waals surface area (Å²) in [4.78, 5) is 0. The Balaban J connectivity index is 2.56. The maximum atomic E-state index is 14.0. The van der Waals surface area contributed by atoms with E-state index in [1.807, 2.05) is 26.0 Å². The van der Waals surface area contributed by atoms with Crippen molar-refractivity contribution in [3.8, 4) is 0 Å². The van der Waals surface area contributed by atoms with Gasteiger partial charge in [0.2, 0.25) is 0 Å². The van der Waals surface area contributed by atoms with Crippen LogP contribution in [-0.4, -0.2) is 6.54 Å². The second kappa shape index (κ2) is 6.33. The molecule has 0 heterocycles. The van der Waals surface area contributed by atoms with Crippen molar-refractivity contribution in [2.75, 3.05) is 6.54 Å². The van der Waals surface area contributed by atoms with E-state index in [9.17, 15) is 8.78 Å². The third-order valence-electron chi connectivity index (χ3n) is 3.32. The molecule has 20 heavy (non-hydrogen) atoms. The lowest BCUT2D eigenvalue weighted by atomic mass is 9.94. The second-order valence-electron chi connectivity index (χ2n) is 4.59. The fourth-order valence-corrected chi connectivity index (χ4v) is 2.45. The van der Waals surface area contributed by atoms with Crippen molar-refractivity contribution in [3.05, 3.63) is 69.7 Å². The van der Waals surface area contributed by atoms with E-state index in [1.54, 1.807) is 12.1 Å². The minimum Gasteiger partial charge on any atom is -0.306 e. The lowest BCUT2D eigenvalue weighted by Crippen LogP contribution is -2.24. The van der Waals surface area contributed by atoms with Gasteiger partial charge < -0.3 is 5.32 Å². The van der Waals surface area contributed by atoms with Crippen LogP contribution in [0.15, 0.2) is 36.4 Å². The Bertz CT molecular complexity index is 562. The van der Waals surface area contributed by atoms with E-state index in [-0.39, 0.29) is 5.56 Å². The monoisotopic (exact) mass is 295 g/mol. The van der Waals surface area contributed by atoms with Gasteiger partial charge in [0.1, 0.15) is 0 Å². The van der Waals surface area contributed by atoms with E-state index in [2.05, 4.69) is 5.32 Å². The van der Waals surface area contributed by atoms with Gasteiger partial charge in [0.15, 0.2) is 11.6 Å². The number of halogens is 3. The minimum absolute atomic E-state index is 0.289. The van der Waals surface area contributed by atoms with Crippen LogP contribution in [0.3, 0.4) is 0 Å². The van der Waals surface area contributed by atoms with Crippen molar-refractivity contribution in [3.63, 3.8) is 0 Å². The maximum absolute atomic E-state index is 14.0. The summed E-state index contributed by atoms with van der Waals surface area (Å²) in [6.07, 6.45) is 0. The Morgan fingerprint density at radius 3 is 2.45 bits per heavy atom. The summed E-state index contributed by atoms with van der Waals surface area (Å²) in [5.41, 5.74) is 2.00. The Morgan fingerprint density at radius 1 is 1.10 bits per heavy atom. The average molecular weight is 296 g/mol. The molecule has 0 fully saturated rings. The number of rotatable bonds is 4. The van der Waals surface area contributed by atoms with Gasteiger partial charge in [-0.2, -0.15) is 0 Å². The van der Waals surface area contributed by atoms with E-state index >= 15 is 0 Å². The fourth-order valence-electron chi connectivity index (χ4n) is 2.27. The third-order valence-corrected chi connectivity index (χ3v) is 3.73. The highest BCUT2D eigenvalue weighted by atomic mass is 35.5. The van der Waals surface area contributed by atoms with Gasteiger partial charge in [0.25, 0.3) is 0 Å². The summed E-state index contributed by atoms with van der Waals surface area (Å²) in [5, 5.41) is 3.80. The second-order valence-corrected chi connectivity index (χ2v) is 4.99. The van der Waals surface area contributed by atoms with Crippen LogP contribution in [0.5, 0.6) is 0 Å². The highest BCUT2D eigenvalue weighted by Crippen LogP contribution is 2.30. The highest BCUT2D eigenvalue weighted by molar-refractivity contribution is 6.31. The largest absolute Gasteiger partial charge is 0.306 e. The molecule has 2 rings (SSSR count). The van der Waals surface area contributed by atoms with Crippen molar-refractivity contribution in [1.82, 2.24) is 5.32 Å². The van der Waals surface area contributed by atoms with Crippen molar-refractivity contribution in [2.24, 2.45) is 0 Å². The van der Waals surface area contributed by atoms with Gasteiger partial charge in [0.05, 0.1) is 6.04 Å². The molecule has 1 N–H and O–H groups in total. The van der Waals surface area contributed by atoms with Gasteiger partial charge in [-0.3, -0.25) is 0 Å². The van der Waals surface area contributed by atoms with Crippen LogP contribution >= 0.6 is 11.6 Å². The number of hydrogen-bond acceptors (Lipinski definition) is 1. The Labute approximate surface area is 122 Å². The molecule has 1 unspecified atom stereocenters. The molecule has 0 amide bonds. The van der Waals surface area contributed by atoms with Crippen LogP contribution in [0.25, 0.3) is 0 Å². The minimum atomic E-state index is -0.843. The molecular formula is C16H16ClF2N. The van der Waals surface area contributed by atoms with Crippen molar-refractivity contribution in [2.45, 2.75) is 19.9 Å². The molecule has 0 aliphatic carbocycles. The standard InChI is InChI=1S/C16H16ClF2N/c1-3-20-16(11-6-4-8-13(17)10(11)2)12-7-5-9-14(18)15(12)19/h4-9,16,20H,3H2,1-2H3. The van der Waals surface area contributed by atoms with Crippen LogP contribution < -0.4 is 5.32 Å². The van der Waals surface area contributed by atoms with E-state index in [0.29, 0.717) is 11.6 Å². The number of benzene rings is 2. The van der Waals surface area contributed by atoms with Crippen LogP contribution in [0.4, 0.5) is 8.78 Å². The average Bonchev–Trinajstić information content (AvgIpc) is 2.43. The number of nitrogens with one attached hydrogen (secondary N) is 1. The molecule has 2 aromatic carbocycles. The van der Waals surface area contributed by atoms with E-state index in [1.165, 1.54) is 6.07 Å². The van der Waals surface area contributed by atoms with Gasteiger partial charge >= 0.3 is 0 Å². The van der Waals surface area contributed by atoms with E-state index in [4.69, 9.17) is 11.6 Å². The molecule has 0 saturated carbocycles. The molecule has 2 aromatic rings. The Hall–Kier alpha value is -1.45. The van der Waals surface area contributed by atoms with E-state index < -0.39 is 17.7 Å². The molecule has 0 bridgehead atoms. The fraction of sp³-hybridized carbons (Fsp3) is 0.250. The summed E-state index contributed by atoms with van der Waals surface area (Å²) in [6, 6.07) is 9.27. The zero-order valence-electron chi connectivity index (χ0n) is 11.4. The molecule has 0 aromatic heterocycles. The van der Waals surface area contributed by atoms with Gasteiger partial charge in [-0.25, -0.2) is 8.78 Å². The van der Waals surface area contributed by atoms with Gasteiger partial charge in [0, 0.05) is 10.6 Å². The Kier molecular flexibility index (Phi) is 4.73. The molecular weight excluding hydrogens is 280 g/mol. The first-order chi connectivity index (χ1) is 9.56. The smallest absolute Gasteiger partial charge is 0.163 e. The lowest BCUT2D eigenvalue weighted by Gasteiger charge is -2.22. The quantitative estimate of drug-likeness (QED) is 0.867. The zero-order valence-corrected chi connectivity index (χ0v) is 12.1. The van der Waals surface area contributed by atoms with Gasteiger partial charge in [-0.15, -0.1) is 0 Å². The third kappa shape index (κ3) is 2.84. The maximum Gasteiger partial charge on any atom is 0.163 e. The first kappa shape index (κ1) is 14.9. The van der Waals surface area contributed by atoms with Crippen molar-refractivity contribution >= 4 is 11.6 Å². The molecule has 0 saturated heterocycles. The molecule has 1 atom stereocenters. The molecule has 4 heteroatoms. The summed E-state index contributed by atoms with van der Waals surface area (Å²) in [7, 11) is 0. The van der Waals surface area contributed by atoms with Crippen LogP contribution in [0.2, 0.25) is 5.02 Å². The molecule has 0 aliphatic rings. The Morgan fingerprint density at radius 2 is 1.75 bits per heavy atom. The predicted octanol–water partition coefficient (Wildman–Crippen LogP) is 4.63. The molecule has 0 aliphatic heterocycles. The molecule has 1 nitrogen and oxygen atoms in total. The summed E-state index contributed by atoms with van der Waals surface area (Å²) in [6.45, 7) is 4.43. The van der Waals surface area contributed by atoms with Gasteiger partial charge in [-0.1, -0.05) is 42.8 Å². The van der Waals surface area contributed by atoms with E-state index in [0.717, 1.165) is 17.2 Å². The first-order valence-corrected chi connectivity index (χ1v) is 6.86. The normalized spacial score (nSPS) is 12.4.